The monoisotopic (exact) mass is 287 g/mol. The number of carbonyl (C=O) groups is 1. The van der Waals surface area contributed by atoms with Crippen molar-refractivity contribution in [3.05, 3.63) is 29.8 Å². The smallest absolute Gasteiger partial charge is 0.230 e. The van der Waals surface area contributed by atoms with Gasteiger partial charge >= 0.3 is 0 Å². The van der Waals surface area contributed by atoms with Gasteiger partial charge in [-0.05, 0) is 48.9 Å². The van der Waals surface area contributed by atoms with E-state index in [1.54, 1.807) is 17.0 Å². The molecule has 1 aromatic rings. The molecule has 0 heterocycles. The summed E-state index contributed by atoms with van der Waals surface area (Å²) in [5.74, 6) is 1.75. The van der Waals surface area contributed by atoms with E-state index in [1.165, 1.54) is 25.7 Å². The fourth-order valence-corrected chi connectivity index (χ4v) is 3.62. The second-order valence-electron chi connectivity index (χ2n) is 6.07. The van der Waals surface area contributed by atoms with E-state index in [-0.39, 0.29) is 17.7 Å². The second-order valence-corrected chi connectivity index (χ2v) is 6.07. The highest BCUT2D eigenvalue weighted by atomic mass is 16.4. The number of anilines is 1. The van der Waals surface area contributed by atoms with Crippen molar-refractivity contribution in [1.29, 1.82) is 0 Å². The molecule has 2 fully saturated rings. The van der Waals surface area contributed by atoms with E-state index in [0.29, 0.717) is 17.4 Å². The summed E-state index contributed by atoms with van der Waals surface area (Å²) in [7, 11) is 1.82. The number of amidine groups is 1. The lowest BCUT2D eigenvalue weighted by Gasteiger charge is -2.18. The number of amides is 1. The average Bonchev–Trinajstić information content (AvgIpc) is 3.27. The number of nitrogens with two attached hydrogens (primary N) is 1. The van der Waals surface area contributed by atoms with Gasteiger partial charge in [-0.3, -0.25) is 4.79 Å². The molecular weight excluding hydrogens is 266 g/mol. The molecular formula is C16H21N3O2. The lowest BCUT2D eigenvalue weighted by atomic mass is 10.0. The minimum absolute atomic E-state index is 0.0729. The first-order valence-electron chi connectivity index (χ1n) is 7.49. The lowest BCUT2D eigenvalue weighted by Crippen LogP contribution is -2.28. The van der Waals surface area contributed by atoms with Crippen molar-refractivity contribution < 1.29 is 10.0 Å². The van der Waals surface area contributed by atoms with Crippen molar-refractivity contribution in [2.45, 2.75) is 25.7 Å². The van der Waals surface area contributed by atoms with Gasteiger partial charge in [-0.15, -0.1) is 0 Å². The third-order valence-electron chi connectivity index (χ3n) is 4.93. The molecule has 2 atom stereocenters. The van der Waals surface area contributed by atoms with Crippen molar-refractivity contribution in [1.82, 2.24) is 0 Å². The molecule has 3 rings (SSSR count). The molecule has 112 valence electrons. The van der Waals surface area contributed by atoms with Gasteiger partial charge in [-0.2, -0.15) is 0 Å². The summed E-state index contributed by atoms with van der Waals surface area (Å²) in [6.07, 6.45) is 4.95. The van der Waals surface area contributed by atoms with Crippen molar-refractivity contribution in [2.24, 2.45) is 28.6 Å². The maximum atomic E-state index is 12.6. The van der Waals surface area contributed by atoms with Crippen molar-refractivity contribution in [3.63, 3.8) is 0 Å². The molecule has 0 aromatic heterocycles. The molecule has 2 unspecified atom stereocenters. The van der Waals surface area contributed by atoms with E-state index >= 15 is 0 Å². The summed E-state index contributed by atoms with van der Waals surface area (Å²) in [4.78, 5) is 14.3. The summed E-state index contributed by atoms with van der Waals surface area (Å²) >= 11 is 0. The number of oxime groups is 1. The quantitative estimate of drug-likeness (QED) is 0.387. The fourth-order valence-electron chi connectivity index (χ4n) is 3.62. The number of fused-ring (bicyclic) bond motifs is 1. The SMILES string of the molecule is CN(C(=O)C1C2CCCCC21)c1ccc(/C(N)=N/O)cc1. The summed E-state index contributed by atoms with van der Waals surface area (Å²) in [5.41, 5.74) is 7.02. The largest absolute Gasteiger partial charge is 0.409 e. The zero-order valence-corrected chi connectivity index (χ0v) is 12.2. The molecule has 2 aliphatic rings. The zero-order valence-electron chi connectivity index (χ0n) is 12.2. The van der Waals surface area contributed by atoms with Crippen LogP contribution in [0.4, 0.5) is 5.69 Å². The molecule has 0 saturated heterocycles. The third kappa shape index (κ3) is 2.48. The van der Waals surface area contributed by atoms with Crippen molar-refractivity contribution in [2.75, 3.05) is 11.9 Å². The van der Waals surface area contributed by atoms with E-state index < -0.39 is 0 Å². The van der Waals surface area contributed by atoms with Crippen LogP contribution >= 0.6 is 0 Å². The number of hydrogen-bond acceptors (Lipinski definition) is 3. The molecule has 0 aliphatic heterocycles. The van der Waals surface area contributed by atoms with Crippen LogP contribution in [-0.2, 0) is 4.79 Å². The van der Waals surface area contributed by atoms with Gasteiger partial charge in [0.25, 0.3) is 0 Å². The van der Waals surface area contributed by atoms with Gasteiger partial charge in [-0.1, -0.05) is 18.0 Å². The lowest BCUT2D eigenvalue weighted by molar-refractivity contribution is -0.120. The number of nitrogens with zero attached hydrogens (tertiary/aromatic N) is 2. The molecule has 2 saturated carbocycles. The fraction of sp³-hybridized carbons (Fsp3) is 0.500. The second kappa shape index (κ2) is 5.39. The highest BCUT2D eigenvalue weighted by molar-refractivity contribution is 5.99. The Bertz CT molecular complexity index is 555. The van der Waals surface area contributed by atoms with Crippen LogP contribution in [0.3, 0.4) is 0 Å². The Morgan fingerprint density at radius 3 is 2.33 bits per heavy atom. The topological polar surface area (TPSA) is 78.9 Å². The summed E-state index contributed by atoms with van der Waals surface area (Å²) in [6, 6.07) is 7.18. The first kappa shape index (κ1) is 13.9. The Morgan fingerprint density at radius 2 is 1.81 bits per heavy atom. The van der Waals surface area contributed by atoms with Gasteiger partial charge in [-0.25, -0.2) is 0 Å². The molecule has 5 nitrogen and oxygen atoms in total. The molecule has 2 aliphatic carbocycles. The Labute approximate surface area is 124 Å². The van der Waals surface area contributed by atoms with E-state index in [2.05, 4.69) is 5.16 Å². The third-order valence-corrected chi connectivity index (χ3v) is 4.93. The minimum atomic E-state index is 0.0729. The molecule has 0 spiro atoms. The summed E-state index contributed by atoms with van der Waals surface area (Å²) in [6.45, 7) is 0. The number of carbonyl (C=O) groups excluding carboxylic acids is 1. The van der Waals surface area contributed by atoms with Gasteiger partial charge in [0.05, 0.1) is 0 Å². The Morgan fingerprint density at radius 1 is 1.24 bits per heavy atom. The molecule has 0 bridgehead atoms. The number of rotatable bonds is 3. The van der Waals surface area contributed by atoms with Crippen LogP contribution in [0.1, 0.15) is 31.2 Å². The zero-order chi connectivity index (χ0) is 15.0. The standard InChI is InChI=1S/C16H21N3O2/c1-19(11-8-6-10(7-9-11)15(17)18-21)16(20)14-12-4-2-3-5-13(12)14/h6-9,12-14,21H,2-5H2,1H3,(H2,17,18). The predicted octanol–water partition coefficient (Wildman–Crippen LogP) is 2.18. The Kier molecular flexibility index (Phi) is 3.57. The van der Waals surface area contributed by atoms with E-state index in [0.717, 1.165) is 5.69 Å². The molecule has 1 amide bonds. The van der Waals surface area contributed by atoms with Gasteiger partial charge in [0.1, 0.15) is 0 Å². The highest BCUT2D eigenvalue weighted by Gasteiger charge is 2.55. The van der Waals surface area contributed by atoms with Gasteiger partial charge in [0, 0.05) is 24.2 Å². The maximum Gasteiger partial charge on any atom is 0.230 e. The van der Waals surface area contributed by atoms with Crippen molar-refractivity contribution >= 4 is 17.4 Å². The van der Waals surface area contributed by atoms with Crippen LogP contribution < -0.4 is 10.6 Å². The van der Waals surface area contributed by atoms with Gasteiger partial charge < -0.3 is 15.8 Å². The normalized spacial score (nSPS) is 27.9. The van der Waals surface area contributed by atoms with Crippen molar-refractivity contribution in [3.8, 4) is 0 Å². The Balaban J connectivity index is 1.70. The summed E-state index contributed by atoms with van der Waals surface area (Å²) in [5, 5.41) is 11.6. The maximum absolute atomic E-state index is 12.6. The van der Waals surface area contributed by atoms with Crippen LogP contribution in [0.15, 0.2) is 29.4 Å². The predicted molar refractivity (Wildman–Crippen MR) is 81.3 cm³/mol. The van der Waals surface area contributed by atoms with E-state index in [9.17, 15) is 4.79 Å². The van der Waals surface area contributed by atoms with E-state index in [1.807, 2.05) is 19.2 Å². The van der Waals surface area contributed by atoms with Crippen LogP contribution in [0.5, 0.6) is 0 Å². The molecule has 21 heavy (non-hydrogen) atoms. The molecule has 5 heteroatoms. The van der Waals surface area contributed by atoms with Gasteiger partial charge in [0.15, 0.2) is 5.84 Å². The number of hydrogen-bond donors (Lipinski definition) is 2. The molecule has 1 aromatic carbocycles. The Hall–Kier alpha value is -2.04. The molecule has 3 N–H and O–H groups in total. The van der Waals surface area contributed by atoms with Crippen LogP contribution in [-0.4, -0.2) is 24.0 Å². The van der Waals surface area contributed by atoms with E-state index in [4.69, 9.17) is 10.9 Å². The van der Waals surface area contributed by atoms with Gasteiger partial charge in [0.2, 0.25) is 5.91 Å². The number of benzene rings is 1. The van der Waals surface area contributed by atoms with Crippen LogP contribution in [0.25, 0.3) is 0 Å². The van der Waals surface area contributed by atoms with Crippen LogP contribution in [0.2, 0.25) is 0 Å². The first-order valence-corrected chi connectivity index (χ1v) is 7.49. The molecule has 0 radical (unpaired) electrons. The minimum Gasteiger partial charge on any atom is -0.409 e. The average molecular weight is 287 g/mol. The first-order chi connectivity index (χ1) is 10.1. The summed E-state index contributed by atoms with van der Waals surface area (Å²) < 4.78 is 0. The van der Waals surface area contributed by atoms with Crippen LogP contribution in [0, 0.1) is 17.8 Å². The highest BCUT2D eigenvalue weighted by Crippen LogP contribution is 2.56.